The van der Waals surface area contributed by atoms with Crippen molar-refractivity contribution in [1.82, 2.24) is 9.88 Å². The number of carbonyl (C=O) groups excluding carboxylic acids is 1. The highest BCUT2D eigenvalue weighted by molar-refractivity contribution is 7.22. The minimum Gasteiger partial charge on any atom is -0.497 e. The lowest BCUT2D eigenvalue weighted by Gasteiger charge is -2.27. The Morgan fingerprint density at radius 1 is 0.977 bits per heavy atom. The Morgan fingerprint density at radius 3 is 2.52 bits per heavy atom. The summed E-state index contributed by atoms with van der Waals surface area (Å²) in [5.74, 6) is 1.39. The van der Waals surface area contributed by atoms with Crippen LogP contribution in [-0.2, 0) is 24.1 Å². The number of para-hydroxylation sites is 1. The molecule has 1 aliphatic heterocycles. The molecule has 226 valence electrons. The highest BCUT2D eigenvalue weighted by atomic mass is 32.1. The fourth-order valence-electron chi connectivity index (χ4n) is 5.86. The van der Waals surface area contributed by atoms with E-state index < -0.39 is 6.16 Å². The Balaban J connectivity index is 1.58. The average molecular weight is 611 g/mol. The smallest absolute Gasteiger partial charge is 0.497 e. The van der Waals surface area contributed by atoms with Gasteiger partial charge in [0, 0.05) is 16.5 Å². The summed E-state index contributed by atoms with van der Waals surface area (Å²) in [7, 11) is 3.27. The van der Waals surface area contributed by atoms with Crippen molar-refractivity contribution in [3.8, 4) is 27.7 Å². The van der Waals surface area contributed by atoms with E-state index in [1.54, 1.807) is 38.7 Å². The number of benzene rings is 3. The van der Waals surface area contributed by atoms with Crippen LogP contribution in [0.4, 0.5) is 4.79 Å². The van der Waals surface area contributed by atoms with E-state index in [-0.39, 0.29) is 23.8 Å². The molecule has 1 aliphatic rings. The molecule has 3 aromatic carbocycles. The molecular weight excluding hydrogens is 576 g/mol. The van der Waals surface area contributed by atoms with E-state index in [9.17, 15) is 9.59 Å². The molecule has 8 nitrogen and oxygen atoms in total. The van der Waals surface area contributed by atoms with Gasteiger partial charge in [0.2, 0.25) is 5.43 Å². The van der Waals surface area contributed by atoms with E-state index in [0.29, 0.717) is 18.4 Å². The van der Waals surface area contributed by atoms with Crippen molar-refractivity contribution in [2.75, 3.05) is 27.4 Å². The summed E-state index contributed by atoms with van der Waals surface area (Å²) in [6, 6.07) is 24.1. The van der Waals surface area contributed by atoms with Crippen molar-refractivity contribution in [3.63, 3.8) is 0 Å². The first-order valence-electron chi connectivity index (χ1n) is 14.6. The fraction of sp³-hybridized carbons (Fsp3) is 0.257. The fourth-order valence-corrected chi connectivity index (χ4v) is 7.17. The van der Waals surface area contributed by atoms with Crippen molar-refractivity contribution in [3.05, 3.63) is 111 Å². The maximum Gasteiger partial charge on any atom is 0.514 e. The number of nitrogens with zero attached hydrogens (tertiary/aromatic N) is 1. The summed E-state index contributed by atoms with van der Waals surface area (Å²) in [4.78, 5) is 28.5. The van der Waals surface area contributed by atoms with Gasteiger partial charge >= 0.3 is 6.16 Å². The normalized spacial score (nSPS) is 14.2. The standard InChI is InChI=1S/C35H34N2O6S/c1-4-42-35(39)43-30-21-37(20-24-10-6-8-12-29(24)41-3)34-31(32(30)38)27(33(44-34)23-13-15-25(40-2)16-14-23)19-28-26-11-7-5-9-22(26)17-18-36-28/h5-16,21,28,36H,4,17-20H2,1-3H3. The predicted molar refractivity (Wildman–Crippen MR) is 172 cm³/mol. The van der Waals surface area contributed by atoms with E-state index >= 15 is 0 Å². The van der Waals surface area contributed by atoms with Crippen LogP contribution in [0.2, 0.25) is 0 Å². The molecule has 0 saturated carbocycles. The highest BCUT2D eigenvalue weighted by Gasteiger charge is 2.27. The first-order valence-corrected chi connectivity index (χ1v) is 15.4. The molecule has 1 atom stereocenters. The van der Waals surface area contributed by atoms with Gasteiger partial charge in [0.25, 0.3) is 0 Å². The Bertz CT molecular complexity index is 1860. The molecule has 0 fully saturated rings. The lowest BCUT2D eigenvalue weighted by atomic mass is 9.89. The molecule has 0 spiro atoms. The van der Waals surface area contributed by atoms with Crippen molar-refractivity contribution in [2.24, 2.45) is 0 Å². The Morgan fingerprint density at radius 2 is 1.75 bits per heavy atom. The van der Waals surface area contributed by atoms with Crippen LogP contribution in [0.25, 0.3) is 20.7 Å². The van der Waals surface area contributed by atoms with Crippen molar-refractivity contribution < 1.29 is 23.7 Å². The van der Waals surface area contributed by atoms with Crippen LogP contribution in [0.1, 0.15) is 35.2 Å². The summed E-state index contributed by atoms with van der Waals surface area (Å²) >= 11 is 1.55. The van der Waals surface area contributed by atoms with E-state index in [1.165, 1.54) is 11.1 Å². The number of fused-ring (bicyclic) bond motifs is 2. The van der Waals surface area contributed by atoms with Gasteiger partial charge in [0.15, 0.2) is 5.75 Å². The molecule has 5 aromatic rings. The van der Waals surface area contributed by atoms with Crippen molar-refractivity contribution in [1.29, 1.82) is 0 Å². The van der Waals surface area contributed by atoms with Crippen molar-refractivity contribution >= 4 is 27.7 Å². The second kappa shape index (κ2) is 13.0. The Labute approximate surface area is 259 Å². The first-order chi connectivity index (χ1) is 21.5. The van der Waals surface area contributed by atoms with Crippen LogP contribution in [-0.4, -0.2) is 38.1 Å². The Kier molecular flexibility index (Phi) is 8.67. The van der Waals surface area contributed by atoms with Gasteiger partial charge in [-0.05, 0) is 78.9 Å². The number of methoxy groups -OCH3 is 2. The molecule has 1 unspecified atom stereocenters. The summed E-state index contributed by atoms with van der Waals surface area (Å²) < 4.78 is 23.6. The number of ether oxygens (including phenoxy) is 4. The van der Waals surface area contributed by atoms with Crippen LogP contribution in [0.15, 0.2) is 83.8 Å². The topological polar surface area (TPSA) is 88.0 Å². The molecule has 0 radical (unpaired) electrons. The van der Waals surface area contributed by atoms with Crippen LogP contribution in [0.3, 0.4) is 0 Å². The molecule has 0 amide bonds. The van der Waals surface area contributed by atoms with E-state index in [4.69, 9.17) is 18.9 Å². The van der Waals surface area contributed by atoms with Gasteiger partial charge in [0.05, 0.1) is 39.0 Å². The molecule has 9 heteroatoms. The monoisotopic (exact) mass is 610 g/mol. The number of hydrogen-bond donors (Lipinski definition) is 1. The van der Waals surface area contributed by atoms with E-state index in [2.05, 4.69) is 29.6 Å². The summed E-state index contributed by atoms with van der Waals surface area (Å²) in [5, 5.41) is 4.21. The number of rotatable bonds is 9. The third-order valence-electron chi connectivity index (χ3n) is 7.94. The molecule has 1 N–H and O–H groups in total. The van der Waals surface area contributed by atoms with E-state index in [1.807, 2.05) is 53.1 Å². The maximum absolute atomic E-state index is 14.2. The van der Waals surface area contributed by atoms with Gasteiger partial charge in [-0.1, -0.05) is 42.5 Å². The minimum absolute atomic E-state index is 0.00597. The zero-order valence-corrected chi connectivity index (χ0v) is 25.7. The summed E-state index contributed by atoms with van der Waals surface area (Å²) in [6.45, 7) is 3.06. The quantitative estimate of drug-likeness (QED) is 0.185. The lowest BCUT2D eigenvalue weighted by Crippen LogP contribution is -2.31. The second-order valence-electron chi connectivity index (χ2n) is 10.5. The molecular formula is C35H34N2O6S. The van der Waals surface area contributed by atoms with Gasteiger partial charge < -0.3 is 28.8 Å². The predicted octanol–water partition coefficient (Wildman–Crippen LogP) is 6.76. The maximum atomic E-state index is 14.2. The minimum atomic E-state index is -0.914. The molecule has 0 aliphatic carbocycles. The van der Waals surface area contributed by atoms with Gasteiger partial charge in [-0.2, -0.15) is 0 Å². The van der Waals surface area contributed by atoms with Gasteiger partial charge in [0.1, 0.15) is 16.3 Å². The largest absolute Gasteiger partial charge is 0.514 e. The van der Waals surface area contributed by atoms with E-state index in [0.717, 1.165) is 50.9 Å². The van der Waals surface area contributed by atoms with Gasteiger partial charge in [-0.3, -0.25) is 4.79 Å². The number of thiophene rings is 1. The van der Waals surface area contributed by atoms with Crippen LogP contribution in [0.5, 0.6) is 17.2 Å². The van der Waals surface area contributed by atoms with Gasteiger partial charge in [-0.15, -0.1) is 11.3 Å². The van der Waals surface area contributed by atoms with Gasteiger partial charge in [-0.25, -0.2) is 4.79 Å². The van der Waals surface area contributed by atoms with Crippen molar-refractivity contribution in [2.45, 2.75) is 32.4 Å². The molecule has 3 heterocycles. The highest BCUT2D eigenvalue weighted by Crippen LogP contribution is 2.42. The second-order valence-corrected chi connectivity index (χ2v) is 11.5. The third kappa shape index (κ3) is 5.80. The zero-order valence-electron chi connectivity index (χ0n) is 24.9. The zero-order chi connectivity index (χ0) is 30.6. The number of hydrogen-bond acceptors (Lipinski definition) is 8. The van der Waals surface area contributed by atoms with Crippen LogP contribution >= 0.6 is 11.3 Å². The number of pyridine rings is 1. The Hall–Kier alpha value is -4.60. The van der Waals surface area contributed by atoms with Crippen LogP contribution < -0.4 is 25.0 Å². The average Bonchev–Trinajstić information content (AvgIpc) is 3.43. The summed E-state index contributed by atoms with van der Waals surface area (Å²) in [5.41, 5.74) is 4.98. The van der Waals surface area contributed by atoms with Crippen LogP contribution in [0, 0.1) is 0 Å². The number of nitrogens with one attached hydrogen (secondary N) is 1. The number of aromatic nitrogens is 1. The number of carbonyl (C=O) groups is 1. The third-order valence-corrected chi connectivity index (χ3v) is 9.26. The first kappa shape index (κ1) is 29.5. The molecule has 2 aromatic heterocycles. The molecule has 0 saturated heterocycles. The summed E-state index contributed by atoms with van der Waals surface area (Å²) in [6.07, 6.45) is 2.21. The SMILES string of the molecule is CCOC(=O)Oc1cn(Cc2ccccc2OC)c2sc(-c3ccc(OC)cc3)c(CC3NCCc4ccccc43)c2c1=O. The molecule has 6 rings (SSSR count). The lowest BCUT2D eigenvalue weighted by molar-refractivity contribution is 0.104. The molecule has 44 heavy (non-hydrogen) atoms. The molecule has 0 bridgehead atoms.